The van der Waals surface area contributed by atoms with Crippen molar-refractivity contribution in [1.82, 2.24) is 19.9 Å². The maximum absolute atomic E-state index is 13.5. The van der Waals surface area contributed by atoms with Crippen LogP contribution in [0.1, 0.15) is 46.7 Å². The number of carboxylic acids is 1. The minimum atomic E-state index is -1.37. The van der Waals surface area contributed by atoms with Crippen LogP contribution in [0.15, 0.2) is 42.3 Å². The van der Waals surface area contributed by atoms with E-state index in [0.29, 0.717) is 47.7 Å². The molecule has 4 aromatic rings. The molecule has 0 spiro atoms. The molecule has 2 fully saturated rings. The van der Waals surface area contributed by atoms with Gasteiger partial charge in [0.15, 0.2) is 10.8 Å². The number of hydrogen-bond donors (Lipinski definition) is 2. The summed E-state index contributed by atoms with van der Waals surface area (Å²) in [5, 5.41) is 15.1. The van der Waals surface area contributed by atoms with Crippen LogP contribution in [0.25, 0.3) is 16.2 Å². The molecule has 14 heteroatoms. The number of amides is 1. The van der Waals surface area contributed by atoms with Crippen molar-refractivity contribution in [3.63, 3.8) is 0 Å². The molecule has 13 nitrogen and oxygen atoms in total. The SMILES string of the molecule is Cc1oc(=O)oc1CCc1cc(N2CC(C(=O)NCC3CCCCO3)C2)nc2c1c(=O)c(C(=O)O)cn2-c1nccs1. The highest BCUT2D eigenvalue weighted by Crippen LogP contribution is 2.30. The number of carbonyl (C=O) groups excluding carboxylic acids is 1. The number of aryl methyl sites for hydroxylation is 3. The molecule has 0 aromatic carbocycles. The van der Waals surface area contributed by atoms with Crippen molar-refractivity contribution < 1.29 is 28.3 Å². The molecule has 0 radical (unpaired) electrons. The summed E-state index contributed by atoms with van der Waals surface area (Å²) < 4.78 is 17.3. The number of carbonyl (C=O) groups is 2. The van der Waals surface area contributed by atoms with Gasteiger partial charge in [0.25, 0.3) is 0 Å². The van der Waals surface area contributed by atoms with Gasteiger partial charge in [-0.05, 0) is 44.2 Å². The molecule has 0 bridgehead atoms. The predicted octanol–water partition coefficient (Wildman–Crippen LogP) is 2.30. The van der Waals surface area contributed by atoms with Crippen LogP contribution in [-0.4, -0.2) is 63.9 Å². The van der Waals surface area contributed by atoms with E-state index in [1.807, 2.05) is 4.90 Å². The monoisotopic (exact) mass is 595 g/mol. The molecule has 220 valence electrons. The van der Waals surface area contributed by atoms with Crippen molar-refractivity contribution in [3.8, 4) is 5.13 Å². The number of nitrogens with one attached hydrogen (secondary N) is 1. The average Bonchev–Trinajstić information content (AvgIpc) is 3.59. The summed E-state index contributed by atoms with van der Waals surface area (Å²) in [5.41, 5.74) is -0.308. The summed E-state index contributed by atoms with van der Waals surface area (Å²) in [7, 11) is 0. The molecule has 1 amide bonds. The number of nitrogens with zero attached hydrogens (tertiary/aromatic N) is 4. The van der Waals surface area contributed by atoms with E-state index in [1.165, 1.54) is 22.1 Å². The van der Waals surface area contributed by atoms with Gasteiger partial charge in [0.2, 0.25) is 11.3 Å². The largest absolute Gasteiger partial charge is 0.519 e. The lowest BCUT2D eigenvalue weighted by Crippen LogP contribution is -2.55. The van der Waals surface area contributed by atoms with Gasteiger partial charge in [0, 0.05) is 50.4 Å². The van der Waals surface area contributed by atoms with E-state index in [9.17, 15) is 24.3 Å². The van der Waals surface area contributed by atoms with E-state index < -0.39 is 22.8 Å². The van der Waals surface area contributed by atoms with Crippen molar-refractivity contribution >= 4 is 40.1 Å². The number of fused-ring (bicyclic) bond motifs is 1. The first-order chi connectivity index (χ1) is 20.3. The molecule has 6 rings (SSSR count). The Hall–Kier alpha value is -4.30. The van der Waals surface area contributed by atoms with E-state index in [1.54, 1.807) is 24.6 Å². The van der Waals surface area contributed by atoms with E-state index >= 15 is 0 Å². The van der Waals surface area contributed by atoms with Crippen LogP contribution in [0.5, 0.6) is 0 Å². The van der Waals surface area contributed by atoms with Gasteiger partial charge in [-0.15, -0.1) is 11.3 Å². The zero-order valence-corrected chi connectivity index (χ0v) is 23.6. The van der Waals surface area contributed by atoms with E-state index in [4.69, 9.17) is 18.6 Å². The van der Waals surface area contributed by atoms with Crippen molar-refractivity contribution in [2.24, 2.45) is 5.92 Å². The van der Waals surface area contributed by atoms with Crippen LogP contribution in [0.4, 0.5) is 5.82 Å². The summed E-state index contributed by atoms with van der Waals surface area (Å²) in [5.74, 6) is -1.25. The molecular formula is C28H29N5O8S. The molecule has 2 N–H and O–H groups in total. The number of hydrogen-bond acceptors (Lipinski definition) is 11. The first-order valence-electron chi connectivity index (χ1n) is 13.7. The highest BCUT2D eigenvalue weighted by molar-refractivity contribution is 7.12. The second-order valence-electron chi connectivity index (χ2n) is 10.5. The lowest BCUT2D eigenvalue weighted by Gasteiger charge is -2.39. The Morgan fingerprint density at radius 2 is 2.02 bits per heavy atom. The predicted molar refractivity (Wildman–Crippen MR) is 152 cm³/mol. The highest BCUT2D eigenvalue weighted by Gasteiger charge is 2.35. The van der Waals surface area contributed by atoms with Gasteiger partial charge in [-0.1, -0.05) is 0 Å². The van der Waals surface area contributed by atoms with Gasteiger partial charge in [-0.25, -0.2) is 19.6 Å². The first kappa shape index (κ1) is 27.8. The molecule has 42 heavy (non-hydrogen) atoms. The summed E-state index contributed by atoms with van der Waals surface area (Å²) in [6.45, 7) is 3.68. The Morgan fingerprint density at radius 1 is 1.19 bits per heavy atom. The Bertz CT molecular complexity index is 1750. The zero-order chi connectivity index (χ0) is 29.4. The molecule has 2 aliphatic heterocycles. The smallest absolute Gasteiger partial charge is 0.477 e. The number of ether oxygens (including phenoxy) is 1. The molecule has 4 aromatic heterocycles. The molecule has 2 aliphatic rings. The number of carboxylic acid groups (broad SMARTS) is 1. The molecule has 6 heterocycles. The molecule has 0 aliphatic carbocycles. The van der Waals surface area contributed by atoms with Crippen LogP contribution in [0.2, 0.25) is 0 Å². The van der Waals surface area contributed by atoms with Gasteiger partial charge in [-0.2, -0.15) is 0 Å². The third kappa shape index (κ3) is 5.46. The summed E-state index contributed by atoms with van der Waals surface area (Å²) in [4.78, 5) is 61.0. The zero-order valence-electron chi connectivity index (χ0n) is 22.8. The number of anilines is 1. The second-order valence-corrected chi connectivity index (χ2v) is 11.3. The van der Waals surface area contributed by atoms with Crippen molar-refractivity contribution in [2.45, 2.75) is 45.1 Å². The fourth-order valence-corrected chi connectivity index (χ4v) is 5.99. The topological polar surface area (TPSA) is 170 Å². The lowest BCUT2D eigenvalue weighted by molar-refractivity contribution is -0.126. The van der Waals surface area contributed by atoms with E-state index in [0.717, 1.165) is 25.9 Å². The van der Waals surface area contributed by atoms with Gasteiger partial charge in [0.1, 0.15) is 22.9 Å². The molecule has 1 unspecified atom stereocenters. The van der Waals surface area contributed by atoms with E-state index in [2.05, 4.69) is 10.3 Å². The quantitative estimate of drug-likeness (QED) is 0.291. The van der Waals surface area contributed by atoms with Gasteiger partial charge in [0.05, 0.1) is 17.4 Å². The molecule has 0 saturated carbocycles. The number of aromatic nitrogens is 3. The minimum Gasteiger partial charge on any atom is -0.477 e. The van der Waals surface area contributed by atoms with Crippen molar-refractivity contribution in [3.05, 3.63) is 67.3 Å². The molecule has 2 saturated heterocycles. The summed E-state index contributed by atoms with van der Waals surface area (Å²) in [6, 6.07) is 1.74. The van der Waals surface area contributed by atoms with Crippen LogP contribution >= 0.6 is 11.3 Å². The van der Waals surface area contributed by atoms with Crippen LogP contribution < -0.4 is 21.5 Å². The fourth-order valence-electron chi connectivity index (χ4n) is 5.37. The van der Waals surface area contributed by atoms with Crippen LogP contribution in [0, 0.1) is 12.8 Å². The Labute approximate surface area is 242 Å². The number of aromatic carboxylic acids is 1. The highest BCUT2D eigenvalue weighted by atomic mass is 32.1. The maximum atomic E-state index is 13.5. The number of rotatable bonds is 9. The summed E-state index contributed by atoms with van der Waals surface area (Å²) in [6.07, 6.45) is 6.43. The maximum Gasteiger partial charge on any atom is 0.519 e. The van der Waals surface area contributed by atoms with Crippen molar-refractivity contribution in [1.29, 1.82) is 0 Å². The Kier molecular flexibility index (Phi) is 7.64. The number of thiazole rings is 1. The van der Waals surface area contributed by atoms with Crippen LogP contribution in [0.3, 0.4) is 0 Å². The molecular weight excluding hydrogens is 566 g/mol. The average molecular weight is 596 g/mol. The van der Waals surface area contributed by atoms with Crippen LogP contribution in [-0.2, 0) is 22.4 Å². The molecule has 1 atom stereocenters. The number of pyridine rings is 2. The summed E-state index contributed by atoms with van der Waals surface area (Å²) >= 11 is 1.27. The van der Waals surface area contributed by atoms with Gasteiger partial charge < -0.3 is 28.9 Å². The normalized spacial score (nSPS) is 17.4. The van der Waals surface area contributed by atoms with Gasteiger partial charge in [-0.3, -0.25) is 14.2 Å². The third-order valence-corrected chi connectivity index (χ3v) is 8.46. The minimum absolute atomic E-state index is 0.0438. The third-order valence-electron chi connectivity index (χ3n) is 7.69. The fraction of sp³-hybridized carbons (Fsp3) is 0.429. The standard InChI is InChI=1S/C28H29N5O8S/c1-15-20(41-28(38)40-15)6-5-16-10-21(32-12-17(13-32)25(35)30-11-18-4-2-3-8-39-18)31-24-22(16)23(34)19(26(36)37)14-33(24)27-29-7-9-42-27/h7,9-10,14,17-18H,2-6,8,11-13H2,1H3,(H,30,35)(H,36,37). The Morgan fingerprint density at radius 3 is 2.69 bits per heavy atom. The van der Waals surface area contributed by atoms with E-state index in [-0.39, 0.29) is 41.8 Å². The lowest BCUT2D eigenvalue weighted by atomic mass is 9.97. The Balaban J connectivity index is 1.33. The first-order valence-corrected chi connectivity index (χ1v) is 14.6. The van der Waals surface area contributed by atoms with Crippen molar-refractivity contribution in [2.75, 3.05) is 31.1 Å². The second kappa shape index (κ2) is 11.5. The van der Waals surface area contributed by atoms with Gasteiger partial charge >= 0.3 is 11.8 Å².